The summed E-state index contributed by atoms with van der Waals surface area (Å²) in [4.78, 5) is 4.09. The van der Waals surface area contributed by atoms with E-state index in [9.17, 15) is 17.6 Å². The number of halogens is 4. The number of ether oxygens (including phenoxy) is 1. The second-order valence-corrected chi connectivity index (χ2v) is 4.58. The Labute approximate surface area is 127 Å². The number of aromatic nitrogens is 3. The van der Waals surface area contributed by atoms with Crippen LogP contribution in [0.3, 0.4) is 0 Å². The largest absolute Gasteiger partial charge is 0.439 e. The van der Waals surface area contributed by atoms with Gasteiger partial charge in [-0.3, -0.25) is 5.10 Å². The summed E-state index contributed by atoms with van der Waals surface area (Å²) in [6.45, 7) is 0. The Hall–Kier alpha value is -2.90. The molecule has 0 saturated heterocycles. The van der Waals surface area contributed by atoms with E-state index in [1.165, 1.54) is 36.4 Å². The fourth-order valence-corrected chi connectivity index (χ4v) is 1.84. The van der Waals surface area contributed by atoms with Gasteiger partial charge in [-0.2, -0.15) is 18.3 Å². The minimum absolute atomic E-state index is 0.0434. The van der Waals surface area contributed by atoms with E-state index in [1.807, 2.05) is 5.10 Å². The minimum atomic E-state index is -4.51. The SMILES string of the molecule is Fc1ccc(Oc2cccc(-c3cc(C(F)(F)F)[nH]n3)n2)cc1. The number of benzene rings is 1. The first-order valence-corrected chi connectivity index (χ1v) is 6.45. The lowest BCUT2D eigenvalue weighted by Gasteiger charge is -2.05. The number of nitrogens with one attached hydrogen (secondary N) is 1. The molecule has 0 aliphatic carbocycles. The van der Waals surface area contributed by atoms with Crippen molar-refractivity contribution in [1.29, 1.82) is 0 Å². The van der Waals surface area contributed by atoms with Gasteiger partial charge in [0.15, 0.2) is 0 Å². The minimum Gasteiger partial charge on any atom is -0.439 e. The van der Waals surface area contributed by atoms with Gasteiger partial charge in [-0.15, -0.1) is 0 Å². The Morgan fingerprint density at radius 2 is 1.70 bits per heavy atom. The molecule has 0 spiro atoms. The van der Waals surface area contributed by atoms with Crippen LogP contribution in [0.25, 0.3) is 11.4 Å². The van der Waals surface area contributed by atoms with Crippen molar-refractivity contribution in [2.45, 2.75) is 6.18 Å². The van der Waals surface area contributed by atoms with Crippen molar-refractivity contribution in [3.63, 3.8) is 0 Å². The van der Waals surface area contributed by atoms with Crippen LogP contribution in [0.4, 0.5) is 17.6 Å². The van der Waals surface area contributed by atoms with Crippen LogP contribution in [0.5, 0.6) is 11.6 Å². The molecule has 3 aromatic rings. The van der Waals surface area contributed by atoms with Crippen LogP contribution >= 0.6 is 0 Å². The first-order chi connectivity index (χ1) is 10.9. The monoisotopic (exact) mass is 323 g/mol. The van der Waals surface area contributed by atoms with E-state index in [1.54, 1.807) is 6.07 Å². The van der Waals surface area contributed by atoms with Crippen LogP contribution < -0.4 is 4.74 Å². The third kappa shape index (κ3) is 3.47. The summed E-state index contributed by atoms with van der Waals surface area (Å²) < 4.78 is 56.0. The second-order valence-electron chi connectivity index (χ2n) is 4.58. The van der Waals surface area contributed by atoms with Crippen LogP contribution in [0, 0.1) is 5.82 Å². The summed E-state index contributed by atoms with van der Waals surface area (Å²) in [5.41, 5.74) is -0.697. The average Bonchev–Trinajstić information content (AvgIpc) is 3.00. The predicted octanol–water partition coefficient (Wildman–Crippen LogP) is 4.42. The molecule has 0 radical (unpaired) electrons. The Kier molecular flexibility index (Phi) is 3.73. The van der Waals surface area contributed by atoms with E-state index < -0.39 is 17.7 Å². The molecule has 2 heterocycles. The lowest BCUT2D eigenvalue weighted by molar-refractivity contribution is -0.141. The fraction of sp³-hybridized carbons (Fsp3) is 0.0667. The van der Waals surface area contributed by atoms with Crippen molar-refractivity contribution < 1.29 is 22.3 Å². The molecule has 0 saturated carbocycles. The highest BCUT2D eigenvalue weighted by atomic mass is 19.4. The van der Waals surface area contributed by atoms with Crippen molar-refractivity contribution in [3.05, 3.63) is 60.0 Å². The van der Waals surface area contributed by atoms with Crippen LogP contribution in [0.15, 0.2) is 48.5 Å². The number of hydrogen-bond acceptors (Lipinski definition) is 3. The van der Waals surface area contributed by atoms with Gasteiger partial charge in [-0.25, -0.2) is 9.37 Å². The Morgan fingerprint density at radius 1 is 0.957 bits per heavy atom. The van der Waals surface area contributed by atoms with Crippen molar-refractivity contribution in [2.24, 2.45) is 0 Å². The number of H-pyrrole nitrogens is 1. The van der Waals surface area contributed by atoms with Gasteiger partial charge in [0.05, 0.1) is 5.69 Å². The highest BCUT2D eigenvalue weighted by Gasteiger charge is 2.33. The van der Waals surface area contributed by atoms with Gasteiger partial charge >= 0.3 is 6.18 Å². The summed E-state index contributed by atoms with van der Waals surface area (Å²) in [5.74, 6) is 0.106. The van der Waals surface area contributed by atoms with Gasteiger partial charge in [0, 0.05) is 6.07 Å². The number of aromatic amines is 1. The van der Waals surface area contributed by atoms with Gasteiger partial charge < -0.3 is 4.74 Å². The molecule has 1 aromatic carbocycles. The van der Waals surface area contributed by atoms with Crippen molar-refractivity contribution in [2.75, 3.05) is 0 Å². The Morgan fingerprint density at radius 3 is 2.35 bits per heavy atom. The zero-order chi connectivity index (χ0) is 16.4. The average molecular weight is 323 g/mol. The molecule has 0 amide bonds. The molecule has 2 aromatic heterocycles. The normalized spacial score (nSPS) is 11.5. The maximum absolute atomic E-state index is 12.8. The van der Waals surface area contributed by atoms with E-state index in [2.05, 4.69) is 10.1 Å². The zero-order valence-corrected chi connectivity index (χ0v) is 11.4. The van der Waals surface area contributed by atoms with Crippen LogP contribution in [0.1, 0.15) is 5.69 Å². The maximum atomic E-state index is 12.8. The Bertz CT molecular complexity index is 812. The van der Waals surface area contributed by atoms with E-state index >= 15 is 0 Å². The molecule has 0 fully saturated rings. The molecular weight excluding hydrogens is 314 g/mol. The zero-order valence-electron chi connectivity index (χ0n) is 11.4. The van der Waals surface area contributed by atoms with Crippen molar-refractivity contribution in [3.8, 4) is 23.0 Å². The molecular formula is C15H9F4N3O. The molecule has 23 heavy (non-hydrogen) atoms. The highest BCUT2D eigenvalue weighted by Crippen LogP contribution is 2.30. The fourth-order valence-electron chi connectivity index (χ4n) is 1.84. The van der Waals surface area contributed by atoms with Gasteiger partial charge in [-0.1, -0.05) is 6.07 Å². The van der Waals surface area contributed by atoms with Gasteiger partial charge in [-0.05, 0) is 36.4 Å². The molecule has 0 unspecified atom stereocenters. The number of pyridine rings is 1. The van der Waals surface area contributed by atoms with Crippen molar-refractivity contribution >= 4 is 0 Å². The van der Waals surface area contributed by atoms with Gasteiger partial charge in [0.1, 0.15) is 23.0 Å². The molecule has 8 heteroatoms. The van der Waals surface area contributed by atoms with E-state index in [-0.39, 0.29) is 17.3 Å². The summed E-state index contributed by atoms with van der Waals surface area (Å²) in [6.07, 6.45) is -4.51. The topological polar surface area (TPSA) is 50.8 Å². The smallest absolute Gasteiger partial charge is 0.432 e. The lowest BCUT2D eigenvalue weighted by Crippen LogP contribution is -2.04. The van der Waals surface area contributed by atoms with E-state index in [4.69, 9.17) is 4.74 Å². The third-order valence-corrected chi connectivity index (χ3v) is 2.91. The van der Waals surface area contributed by atoms with E-state index in [0.29, 0.717) is 5.75 Å². The Balaban J connectivity index is 1.85. The summed E-state index contributed by atoms with van der Waals surface area (Å²) in [5, 5.41) is 5.52. The quantitative estimate of drug-likeness (QED) is 0.726. The first kappa shape index (κ1) is 15.0. The molecule has 0 aliphatic heterocycles. The van der Waals surface area contributed by atoms with Gasteiger partial charge in [0.25, 0.3) is 0 Å². The number of alkyl halides is 3. The van der Waals surface area contributed by atoms with E-state index in [0.717, 1.165) is 6.07 Å². The first-order valence-electron chi connectivity index (χ1n) is 6.45. The lowest BCUT2D eigenvalue weighted by atomic mass is 10.2. The summed E-state index contributed by atoms with van der Waals surface area (Å²) in [6, 6.07) is 10.8. The van der Waals surface area contributed by atoms with Gasteiger partial charge in [0.2, 0.25) is 5.88 Å². The highest BCUT2D eigenvalue weighted by molar-refractivity contribution is 5.55. The second kappa shape index (κ2) is 5.71. The number of hydrogen-bond donors (Lipinski definition) is 1. The molecule has 4 nitrogen and oxygen atoms in total. The molecule has 0 aliphatic rings. The molecule has 1 N–H and O–H groups in total. The molecule has 0 bridgehead atoms. The molecule has 0 atom stereocenters. The maximum Gasteiger partial charge on any atom is 0.432 e. The summed E-state index contributed by atoms with van der Waals surface area (Å²) in [7, 11) is 0. The van der Waals surface area contributed by atoms with Crippen LogP contribution in [0.2, 0.25) is 0 Å². The third-order valence-electron chi connectivity index (χ3n) is 2.91. The van der Waals surface area contributed by atoms with Crippen LogP contribution in [-0.2, 0) is 6.18 Å². The summed E-state index contributed by atoms with van der Waals surface area (Å²) >= 11 is 0. The number of rotatable bonds is 3. The standard InChI is InChI=1S/C15H9F4N3O/c16-9-4-6-10(7-5-9)23-14-3-1-2-11(20-14)12-8-13(22-21-12)15(17,18)19/h1-8H,(H,21,22). The molecule has 118 valence electrons. The predicted molar refractivity (Wildman–Crippen MR) is 73.3 cm³/mol. The molecule has 3 rings (SSSR count). The van der Waals surface area contributed by atoms with Crippen molar-refractivity contribution in [1.82, 2.24) is 15.2 Å². The van der Waals surface area contributed by atoms with Crippen LogP contribution in [-0.4, -0.2) is 15.2 Å². The number of nitrogens with zero attached hydrogens (tertiary/aromatic N) is 2.